The van der Waals surface area contributed by atoms with Crippen LogP contribution in [-0.4, -0.2) is 155 Å². The number of rotatable bonds is 24. The zero-order valence-electron chi connectivity index (χ0n) is 55.3. The van der Waals surface area contributed by atoms with E-state index in [9.17, 15) is 14.4 Å². The summed E-state index contributed by atoms with van der Waals surface area (Å²) in [5.74, 6) is 10.9. The van der Waals surface area contributed by atoms with Gasteiger partial charge in [0.2, 0.25) is 23.5 Å². The number of aromatic nitrogens is 12. The average Bonchev–Trinajstić information content (AvgIpc) is 1.70. The number of nitrogens with two attached hydrogens (primary N) is 2. The molecule has 8 aromatic heterocycles. The van der Waals surface area contributed by atoms with E-state index < -0.39 is 17.8 Å². The summed E-state index contributed by atoms with van der Waals surface area (Å²) in [5, 5.41) is 15.6. The number of hydrogen-bond donors (Lipinski definition) is 4. The van der Waals surface area contributed by atoms with Crippen LogP contribution in [0.3, 0.4) is 0 Å². The van der Waals surface area contributed by atoms with Gasteiger partial charge in [0.1, 0.15) is 63.0 Å². The summed E-state index contributed by atoms with van der Waals surface area (Å²) in [5.41, 5.74) is 9.90. The number of nitrogens with zero attached hydrogens (tertiary/aromatic N) is 12. The van der Waals surface area contributed by atoms with Gasteiger partial charge >= 0.3 is 30.8 Å². The fourth-order valence-corrected chi connectivity index (χ4v) is 10.0. The number of esters is 1. The molecule has 4 aliphatic rings. The fraction of sp³-hybridized carbons (Fsp3) is 0.418. The number of pyridine rings is 4. The molecule has 4 aliphatic carbocycles. The molecule has 12 rings (SSSR count). The van der Waals surface area contributed by atoms with E-state index >= 15 is 0 Å². The van der Waals surface area contributed by atoms with Crippen molar-refractivity contribution < 1.29 is 91.7 Å². The van der Waals surface area contributed by atoms with Crippen LogP contribution in [0.5, 0.6) is 46.5 Å². The van der Waals surface area contributed by atoms with Crippen molar-refractivity contribution in [3.63, 3.8) is 0 Å². The Kier molecular flexibility index (Phi) is 34.7. The molecule has 8 aromatic rings. The molecule has 4 saturated carbocycles. The summed E-state index contributed by atoms with van der Waals surface area (Å²) in [6, 6.07) is 15.5. The van der Waals surface area contributed by atoms with Gasteiger partial charge in [-0.15, -0.1) is 12.4 Å². The van der Waals surface area contributed by atoms with Gasteiger partial charge in [0.05, 0.1) is 90.7 Å². The summed E-state index contributed by atoms with van der Waals surface area (Å²) in [6.07, 6.45) is 16.8. The molecule has 8 heterocycles. The van der Waals surface area contributed by atoms with E-state index in [2.05, 4.69) is 81.6 Å². The third-order valence-corrected chi connectivity index (χ3v) is 15.9. The molecular formula is C67H85BrClLiN14O15. The minimum Gasteiger partial charge on any atom is -0.870 e. The second-order valence-electron chi connectivity index (χ2n) is 22.0. The molecule has 4 fully saturated rings. The fourth-order valence-electron chi connectivity index (χ4n) is 9.73. The first-order valence-electron chi connectivity index (χ1n) is 29.9. The molecule has 0 aliphatic heterocycles. The van der Waals surface area contributed by atoms with Gasteiger partial charge in [0.15, 0.2) is 0 Å². The number of halogens is 2. The molecule has 0 radical (unpaired) electrons. The van der Waals surface area contributed by atoms with Crippen LogP contribution in [0.2, 0.25) is 0 Å². The van der Waals surface area contributed by atoms with Crippen molar-refractivity contribution in [3.05, 3.63) is 165 Å². The van der Waals surface area contributed by atoms with E-state index in [-0.39, 0.29) is 85.9 Å². The van der Waals surface area contributed by atoms with Crippen LogP contribution in [0, 0.1) is 51.4 Å². The molecule has 1 amide bonds. The molecule has 0 aromatic carbocycles. The molecule has 0 spiro atoms. The van der Waals surface area contributed by atoms with Crippen LogP contribution < -0.4 is 68.4 Å². The Morgan fingerprint density at radius 2 is 0.747 bits per heavy atom. The maximum Gasteiger partial charge on any atom is 1.00 e. The topological polar surface area (TPSA) is 411 Å². The molecular weight excluding hydrogens is 1360 g/mol. The van der Waals surface area contributed by atoms with Gasteiger partial charge in [0.25, 0.3) is 5.91 Å². The van der Waals surface area contributed by atoms with Gasteiger partial charge in [-0.25, -0.2) is 35.4 Å². The number of carbonyl (C=O) groups excluding carboxylic acids is 2. The number of carboxylic acids is 1. The van der Waals surface area contributed by atoms with E-state index in [0.717, 1.165) is 75.9 Å². The van der Waals surface area contributed by atoms with Gasteiger partial charge in [-0.3, -0.25) is 24.7 Å². The molecule has 8 atom stereocenters. The number of aryl methyl sites for hydroxylation is 4. The van der Waals surface area contributed by atoms with E-state index in [1.807, 2.05) is 55.5 Å². The summed E-state index contributed by atoms with van der Waals surface area (Å²) < 4.78 is 49.1. The first-order chi connectivity index (χ1) is 45.4. The Hall–Kier alpha value is -9.02. The number of primary amides is 1. The van der Waals surface area contributed by atoms with Crippen LogP contribution in [0.15, 0.2) is 103 Å². The molecule has 0 saturated heterocycles. The zero-order valence-corrected chi connectivity index (χ0v) is 57.7. The SMILES string of the molecule is C.C.CCOC(=O)c1cnc(C)nc1OC[C@H]1C[C@@H]1c1ccc(OC)cn1.COc1ccc([C@H]2C[C@@H]2COc2nc(C)ncc2Br)nc1.COc1ccc([C@H]2C[C@@H]2COc2nc(C)ncc2C(=O)O)nc1.COc1ccc([C@H]2C[C@@H]2COc2nc(C)ncc2C(N)=O)nc1.Cl.NO.[Li+].[OH-]. The van der Waals surface area contributed by atoms with Crippen molar-refractivity contribution in [2.45, 2.75) is 98.8 Å². The predicted molar refractivity (Wildman–Crippen MR) is 363 cm³/mol. The minimum absolute atomic E-state index is 0. The number of hydrogen-bond acceptors (Lipinski definition) is 27. The van der Waals surface area contributed by atoms with Crippen molar-refractivity contribution >= 4 is 46.2 Å². The standard InChI is InChI=1S/C18H21N3O4.C16H18N4O3.C16H17N3O4.C15H16BrN3O2.2CH4.ClH.Li.H3NO.H2O/c1-4-24-18(22)15-9-19-11(2)21-17(15)25-10-12-7-14(12)16-6-5-13(23-3)8-20-16;1-9-18-7-13(15(17)21)16(20-9)23-8-10-5-12(10)14-4-3-11(22-2)6-19-14;1-9-17-7-13(16(20)21)15(19-9)23-8-10-5-12(10)14-4-3-11(22-2)6-18-14;1-9-17-7-13(16)15(19-9)21-8-10-5-12(10)14-4-3-11(20-2)6-18-14;;;;;1-2;/h5-6,8-9,12,14H,4,7,10H2,1-3H3;3-4,6-7,10,12H,5,8H2,1-2H3,(H2,17,21);3-4,6-7,10,12H,5,8H2,1-2H3,(H,20,21);3-4,6-7,10,12H,5,8H2,1-2H3;2*1H4;1H;;2H,1H2;1H2/q;;;;;;;+1;;/p-1/t12-,14+;3*10-,12+;;;;;;/m1111....../s1. The van der Waals surface area contributed by atoms with Crippen LogP contribution >= 0.6 is 28.3 Å². The van der Waals surface area contributed by atoms with Crippen LogP contribution in [0.4, 0.5) is 0 Å². The Morgan fingerprint density at radius 3 is 1.04 bits per heavy atom. The summed E-state index contributed by atoms with van der Waals surface area (Å²) in [4.78, 5) is 84.9. The first kappa shape index (κ1) is 84.2. The number of aromatic carboxylic acids is 1. The van der Waals surface area contributed by atoms with Gasteiger partial charge in [0, 0.05) is 94.9 Å². The van der Waals surface area contributed by atoms with Crippen molar-refractivity contribution in [1.29, 1.82) is 0 Å². The van der Waals surface area contributed by atoms with E-state index in [1.165, 1.54) is 18.6 Å². The Balaban J connectivity index is 0.000000335. The Bertz CT molecular complexity index is 3700. The van der Waals surface area contributed by atoms with E-state index in [0.29, 0.717) is 110 Å². The molecule has 32 heteroatoms. The average molecular weight is 1450 g/mol. The molecule has 528 valence electrons. The number of methoxy groups -OCH3 is 4. The maximum absolute atomic E-state index is 12.0. The Labute approximate surface area is 601 Å². The minimum atomic E-state index is -1.09. The smallest absolute Gasteiger partial charge is 0.870 e. The number of carboxylic acid groups (broad SMARTS) is 1. The second kappa shape index (κ2) is 40.8. The summed E-state index contributed by atoms with van der Waals surface area (Å²) in [7, 11) is 6.49. The quantitative estimate of drug-likeness (QED) is 0.0267. The van der Waals surface area contributed by atoms with Crippen molar-refractivity contribution in [2.24, 2.45) is 35.3 Å². The van der Waals surface area contributed by atoms with Gasteiger partial charge in [-0.2, -0.15) is 19.9 Å². The molecule has 7 N–H and O–H groups in total. The molecule has 99 heavy (non-hydrogen) atoms. The molecule has 29 nitrogen and oxygen atoms in total. The van der Waals surface area contributed by atoms with E-state index in [1.54, 1.807) is 87.1 Å². The van der Waals surface area contributed by atoms with Gasteiger partial charge < -0.3 is 64.2 Å². The van der Waals surface area contributed by atoms with Crippen molar-refractivity contribution in [1.82, 2.24) is 59.8 Å². The van der Waals surface area contributed by atoms with Gasteiger partial charge in [-0.05, 0) is 125 Å². The zero-order chi connectivity index (χ0) is 67.4. The Morgan fingerprint density at radius 1 is 0.465 bits per heavy atom. The van der Waals surface area contributed by atoms with Crippen LogP contribution in [-0.2, 0) is 4.74 Å². The number of carbonyl (C=O) groups is 3. The number of amides is 1. The maximum atomic E-state index is 12.0. The molecule has 0 bridgehead atoms. The van der Waals surface area contributed by atoms with Crippen LogP contribution in [0.25, 0.3) is 0 Å². The molecule has 0 unspecified atom stereocenters. The van der Waals surface area contributed by atoms with E-state index in [4.69, 9.17) is 58.7 Å². The van der Waals surface area contributed by atoms with Crippen molar-refractivity contribution in [3.8, 4) is 46.5 Å². The van der Waals surface area contributed by atoms with Crippen molar-refractivity contribution in [2.75, 3.05) is 61.5 Å². The predicted octanol–water partition coefficient (Wildman–Crippen LogP) is 7.08. The monoisotopic (exact) mass is 1450 g/mol. The van der Waals surface area contributed by atoms with Crippen LogP contribution in [0.1, 0.15) is 148 Å². The summed E-state index contributed by atoms with van der Waals surface area (Å²) >= 11 is 3.40. The third-order valence-electron chi connectivity index (χ3n) is 15.4. The summed E-state index contributed by atoms with van der Waals surface area (Å²) in [6.45, 7) is 11.1. The number of ether oxygens (including phenoxy) is 9. The normalized spacial score (nSPS) is 17.9. The largest absolute Gasteiger partial charge is 1.00 e. The third kappa shape index (κ3) is 24.4. The van der Waals surface area contributed by atoms with Gasteiger partial charge in [-0.1, -0.05) is 14.9 Å². The first-order valence-corrected chi connectivity index (χ1v) is 30.7. The second-order valence-corrected chi connectivity index (χ2v) is 22.9.